The molecule has 0 aliphatic heterocycles. The number of esters is 1. The van der Waals surface area contributed by atoms with Gasteiger partial charge in [0.05, 0.1) is 19.3 Å². The number of hydrogen-bond acceptors (Lipinski definition) is 6. The number of ether oxygens (including phenoxy) is 1. The summed E-state index contributed by atoms with van der Waals surface area (Å²) in [6.45, 7) is 3.51. The van der Waals surface area contributed by atoms with Gasteiger partial charge in [-0.05, 0) is 25.6 Å². The fourth-order valence-corrected chi connectivity index (χ4v) is 0.945. The fourth-order valence-electron chi connectivity index (χ4n) is 0.945. The van der Waals surface area contributed by atoms with Crippen molar-refractivity contribution in [3.05, 3.63) is 11.8 Å². The van der Waals surface area contributed by atoms with Gasteiger partial charge < -0.3 is 21.3 Å². The van der Waals surface area contributed by atoms with E-state index in [4.69, 9.17) is 21.3 Å². The van der Waals surface area contributed by atoms with Crippen molar-refractivity contribution in [1.82, 2.24) is 0 Å². The smallest absolute Gasteiger partial charge is 0.356 e. The number of carbonyl (C=O) groups is 1. The predicted octanol–water partition coefficient (Wildman–Crippen LogP) is -0.827. The zero-order valence-electron chi connectivity index (χ0n) is 9.64. The number of aliphatic imine (C=N–C) groups is 1. The molecule has 0 spiro atoms. The molecule has 0 saturated heterocycles. The average molecular weight is 229 g/mol. The summed E-state index contributed by atoms with van der Waals surface area (Å²) in [5.41, 5.74) is 11.3. The van der Waals surface area contributed by atoms with Crippen molar-refractivity contribution in [3.8, 4) is 0 Å². The van der Waals surface area contributed by atoms with E-state index in [-0.39, 0.29) is 25.5 Å². The zero-order valence-corrected chi connectivity index (χ0v) is 9.64. The van der Waals surface area contributed by atoms with Crippen LogP contribution in [0.4, 0.5) is 0 Å². The van der Waals surface area contributed by atoms with Gasteiger partial charge in [-0.15, -0.1) is 0 Å². The van der Waals surface area contributed by atoms with Crippen molar-refractivity contribution in [2.45, 2.75) is 19.9 Å². The lowest BCUT2D eigenvalue weighted by Gasteiger charge is -2.10. The van der Waals surface area contributed by atoms with Crippen molar-refractivity contribution in [1.29, 1.82) is 0 Å². The third-order valence-electron chi connectivity index (χ3n) is 1.89. The average Bonchev–Trinajstić information content (AvgIpc) is 2.30. The molecule has 0 aromatic rings. The zero-order chi connectivity index (χ0) is 12.6. The summed E-state index contributed by atoms with van der Waals surface area (Å²) in [6.07, 6.45) is 1.26. The van der Waals surface area contributed by atoms with Crippen LogP contribution in [0.3, 0.4) is 0 Å². The molecule has 1 atom stereocenters. The second-order valence-electron chi connectivity index (χ2n) is 3.12. The Labute approximate surface area is 95.0 Å². The second-order valence-corrected chi connectivity index (χ2v) is 3.12. The van der Waals surface area contributed by atoms with Crippen LogP contribution in [0, 0.1) is 0 Å². The molecule has 0 aliphatic rings. The van der Waals surface area contributed by atoms with E-state index in [1.54, 1.807) is 13.8 Å². The van der Waals surface area contributed by atoms with E-state index in [1.807, 2.05) is 0 Å². The molecule has 0 rings (SSSR count). The SMILES string of the molecule is CCOC(=O)C(=NC(CN)CO)C(C)=CN. The van der Waals surface area contributed by atoms with Crippen LogP contribution in [0.15, 0.2) is 16.8 Å². The number of hydrogen-bond donors (Lipinski definition) is 3. The van der Waals surface area contributed by atoms with Crippen LogP contribution in [0.2, 0.25) is 0 Å². The van der Waals surface area contributed by atoms with Gasteiger partial charge in [0.25, 0.3) is 0 Å². The molecule has 6 heteroatoms. The number of rotatable bonds is 6. The maximum atomic E-state index is 11.5. The van der Waals surface area contributed by atoms with E-state index < -0.39 is 12.0 Å². The summed E-state index contributed by atoms with van der Waals surface area (Å²) >= 11 is 0. The third kappa shape index (κ3) is 4.41. The Hall–Kier alpha value is -1.40. The topological polar surface area (TPSA) is 111 Å². The quantitative estimate of drug-likeness (QED) is 0.407. The van der Waals surface area contributed by atoms with E-state index >= 15 is 0 Å². The Balaban J connectivity index is 5.00. The Kier molecular flexibility index (Phi) is 7.15. The molecule has 92 valence electrons. The van der Waals surface area contributed by atoms with Crippen molar-refractivity contribution in [2.24, 2.45) is 16.5 Å². The predicted molar refractivity (Wildman–Crippen MR) is 61.9 cm³/mol. The largest absolute Gasteiger partial charge is 0.461 e. The Morgan fingerprint density at radius 1 is 1.62 bits per heavy atom. The first-order valence-electron chi connectivity index (χ1n) is 5.05. The molecule has 0 amide bonds. The van der Waals surface area contributed by atoms with Gasteiger partial charge in [0.1, 0.15) is 5.71 Å². The number of nitrogens with two attached hydrogens (primary N) is 2. The highest BCUT2D eigenvalue weighted by atomic mass is 16.5. The van der Waals surface area contributed by atoms with E-state index in [0.29, 0.717) is 5.57 Å². The van der Waals surface area contributed by atoms with Crippen molar-refractivity contribution >= 4 is 11.7 Å². The molecular formula is C10H19N3O3. The van der Waals surface area contributed by atoms with E-state index in [1.165, 1.54) is 6.20 Å². The lowest BCUT2D eigenvalue weighted by atomic mass is 10.2. The van der Waals surface area contributed by atoms with Crippen molar-refractivity contribution in [2.75, 3.05) is 19.8 Å². The molecule has 0 radical (unpaired) electrons. The van der Waals surface area contributed by atoms with E-state index in [9.17, 15) is 4.79 Å². The molecule has 0 aromatic carbocycles. The summed E-state index contributed by atoms with van der Waals surface area (Å²) in [7, 11) is 0. The van der Waals surface area contributed by atoms with Gasteiger partial charge in [0.2, 0.25) is 0 Å². The van der Waals surface area contributed by atoms with Crippen LogP contribution in [0.25, 0.3) is 0 Å². The maximum Gasteiger partial charge on any atom is 0.356 e. The molecule has 0 aromatic heterocycles. The minimum Gasteiger partial charge on any atom is -0.461 e. The molecular weight excluding hydrogens is 210 g/mol. The maximum absolute atomic E-state index is 11.5. The molecule has 0 heterocycles. The van der Waals surface area contributed by atoms with Gasteiger partial charge in [0, 0.05) is 6.54 Å². The first-order chi connectivity index (χ1) is 7.60. The standard InChI is InChI=1S/C10H19N3O3/c1-3-16-10(15)9(7(2)4-11)13-8(5-12)6-14/h4,8,14H,3,5-6,11-12H2,1-2H3. The van der Waals surface area contributed by atoms with Crippen LogP contribution in [-0.4, -0.2) is 42.6 Å². The molecule has 16 heavy (non-hydrogen) atoms. The number of carbonyl (C=O) groups excluding carboxylic acids is 1. The number of aliphatic hydroxyl groups is 1. The second kappa shape index (κ2) is 7.84. The summed E-state index contributed by atoms with van der Waals surface area (Å²) in [6, 6.07) is -0.519. The molecule has 0 bridgehead atoms. The fraction of sp³-hybridized carbons (Fsp3) is 0.600. The minimum absolute atomic E-state index is 0.105. The highest BCUT2D eigenvalue weighted by molar-refractivity contribution is 6.43. The number of aliphatic hydroxyl groups excluding tert-OH is 1. The van der Waals surface area contributed by atoms with E-state index in [2.05, 4.69) is 4.99 Å². The van der Waals surface area contributed by atoms with Gasteiger partial charge in [-0.25, -0.2) is 4.79 Å². The van der Waals surface area contributed by atoms with Gasteiger partial charge in [0.15, 0.2) is 0 Å². The molecule has 0 aliphatic carbocycles. The first kappa shape index (κ1) is 14.6. The first-order valence-corrected chi connectivity index (χ1v) is 5.05. The molecule has 0 fully saturated rings. The van der Waals surface area contributed by atoms with Gasteiger partial charge in [-0.2, -0.15) is 0 Å². The van der Waals surface area contributed by atoms with Gasteiger partial charge in [-0.1, -0.05) is 0 Å². The summed E-state index contributed by atoms with van der Waals surface area (Å²) in [5.74, 6) is -0.561. The van der Waals surface area contributed by atoms with Gasteiger partial charge >= 0.3 is 5.97 Å². The lowest BCUT2D eigenvalue weighted by Crippen LogP contribution is -2.28. The molecule has 0 saturated carbocycles. The summed E-state index contributed by atoms with van der Waals surface area (Å²) in [5, 5.41) is 8.95. The number of nitrogens with zero attached hydrogens (tertiary/aromatic N) is 1. The third-order valence-corrected chi connectivity index (χ3v) is 1.89. The normalized spacial score (nSPS) is 14.8. The van der Waals surface area contributed by atoms with E-state index in [0.717, 1.165) is 0 Å². The van der Waals surface area contributed by atoms with Crippen LogP contribution in [0.5, 0.6) is 0 Å². The Morgan fingerprint density at radius 3 is 2.62 bits per heavy atom. The van der Waals surface area contributed by atoms with Crippen LogP contribution in [0.1, 0.15) is 13.8 Å². The molecule has 6 nitrogen and oxygen atoms in total. The summed E-state index contributed by atoms with van der Waals surface area (Å²) < 4.78 is 4.83. The highest BCUT2D eigenvalue weighted by Crippen LogP contribution is 2.01. The monoisotopic (exact) mass is 229 g/mol. The highest BCUT2D eigenvalue weighted by Gasteiger charge is 2.16. The van der Waals surface area contributed by atoms with Crippen LogP contribution >= 0.6 is 0 Å². The van der Waals surface area contributed by atoms with Gasteiger partial charge in [-0.3, -0.25) is 4.99 Å². The van der Waals surface area contributed by atoms with Crippen LogP contribution in [-0.2, 0) is 9.53 Å². The lowest BCUT2D eigenvalue weighted by molar-refractivity contribution is -0.135. The Bertz CT molecular complexity index is 283. The van der Waals surface area contributed by atoms with Crippen LogP contribution < -0.4 is 11.5 Å². The molecule has 5 N–H and O–H groups in total. The summed E-state index contributed by atoms with van der Waals surface area (Å²) in [4.78, 5) is 15.6. The van der Waals surface area contributed by atoms with Crippen molar-refractivity contribution < 1.29 is 14.6 Å². The minimum atomic E-state index is -0.561. The molecule has 1 unspecified atom stereocenters. The van der Waals surface area contributed by atoms with Crippen molar-refractivity contribution in [3.63, 3.8) is 0 Å². The Morgan fingerprint density at radius 2 is 2.25 bits per heavy atom.